The highest BCUT2D eigenvalue weighted by atomic mass is 16.5. The smallest absolute Gasteiger partial charge is 0.279 e. The molecule has 0 saturated carbocycles. The minimum absolute atomic E-state index is 0.00272. The normalized spacial score (nSPS) is 12.5. The Bertz CT molecular complexity index is 703. The minimum Gasteiger partial charge on any atom is -0.497 e. The summed E-state index contributed by atoms with van der Waals surface area (Å²) in [5.41, 5.74) is 3.48. The summed E-state index contributed by atoms with van der Waals surface area (Å²) in [5.74, 6) is 0.731. The molecular formula is C21H29N2O2+. The third-order valence-electron chi connectivity index (χ3n) is 4.14. The number of carbonyl (C=O) groups is 1. The van der Waals surface area contributed by atoms with Gasteiger partial charge in [-0.25, -0.2) is 0 Å². The highest BCUT2D eigenvalue weighted by Gasteiger charge is 2.14. The Morgan fingerprint density at radius 2 is 1.80 bits per heavy atom. The number of nitrogens with one attached hydrogen (secondary N) is 2. The van der Waals surface area contributed by atoms with E-state index in [9.17, 15) is 4.79 Å². The Morgan fingerprint density at radius 3 is 2.40 bits per heavy atom. The Kier molecular flexibility index (Phi) is 6.21. The first-order valence-corrected chi connectivity index (χ1v) is 8.62. The Morgan fingerprint density at radius 1 is 1.12 bits per heavy atom. The van der Waals surface area contributed by atoms with Crippen molar-refractivity contribution in [2.24, 2.45) is 0 Å². The van der Waals surface area contributed by atoms with Crippen LogP contribution in [0.25, 0.3) is 0 Å². The van der Waals surface area contributed by atoms with Crippen molar-refractivity contribution in [1.82, 2.24) is 0 Å². The van der Waals surface area contributed by atoms with Crippen molar-refractivity contribution in [2.45, 2.75) is 32.7 Å². The zero-order valence-electron chi connectivity index (χ0n) is 15.8. The second kappa shape index (κ2) is 8.17. The highest BCUT2D eigenvalue weighted by molar-refractivity contribution is 5.91. The third-order valence-corrected chi connectivity index (χ3v) is 4.14. The first-order chi connectivity index (χ1) is 11.8. The van der Waals surface area contributed by atoms with Crippen LogP contribution >= 0.6 is 0 Å². The molecule has 0 bridgehead atoms. The third kappa shape index (κ3) is 5.91. The van der Waals surface area contributed by atoms with E-state index in [0.29, 0.717) is 6.54 Å². The van der Waals surface area contributed by atoms with Crippen LogP contribution in [-0.4, -0.2) is 26.6 Å². The number of amides is 1. The monoisotopic (exact) mass is 341 g/mol. The van der Waals surface area contributed by atoms with E-state index in [2.05, 4.69) is 50.4 Å². The summed E-state index contributed by atoms with van der Waals surface area (Å²) in [6.45, 7) is 7.86. The lowest BCUT2D eigenvalue weighted by Gasteiger charge is -2.19. The molecule has 1 atom stereocenters. The number of hydrogen-bond donors (Lipinski definition) is 2. The number of methoxy groups -OCH3 is 1. The predicted molar refractivity (Wildman–Crippen MR) is 102 cm³/mol. The number of quaternary nitrogens is 1. The molecule has 4 heteroatoms. The van der Waals surface area contributed by atoms with Gasteiger partial charge < -0.3 is 15.0 Å². The van der Waals surface area contributed by atoms with E-state index >= 15 is 0 Å². The predicted octanol–water partition coefficient (Wildman–Crippen LogP) is 2.65. The molecule has 1 amide bonds. The molecule has 2 N–H and O–H groups in total. The quantitative estimate of drug-likeness (QED) is 0.848. The van der Waals surface area contributed by atoms with Gasteiger partial charge in [0.05, 0.1) is 14.2 Å². The molecule has 4 nitrogen and oxygen atoms in total. The van der Waals surface area contributed by atoms with E-state index < -0.39 is 0 Å². The van der Waals surface area contributed by atoms with E-state index in [1.165, 1.54) is 11.1 Å². The minimum atomic E-state index is -0.00272. The van der Waals surface area contributed by atoms with Crippen LogP contribution in [0, 0.1) is 0 Å². The van der Waals surface area contributed by atoms with Gasteiger partial charge in [0.2, 0.25) is 0 Å². The Balaban J connectivity index is 1.88. The van der Waals surface area contributed by atoms with Gasteiger partial charge in [0.15, 0.2) is 6.54 Å². The number of anilines is 1. The lowest BCUT2D eigenvalue weighted by molar-refractivity contribution is -0.885. The van der Waals surface area contributed by atoms with Crippen LogP contribution in [0.2, 0.25) is 0 Å². The molecule has 0 spiro atoms. The summed E-state index contributed by atoms with van der Waals surface area (Å²) in [4.78, 5) is 13.4. The second-order valence-corrected chi connectivity index (χ2v) is 7.54. The Labute approximate surface area is 150 Å². The molecule has 0 aliphatic carbocycles. The van der Waals surface area contributed by atoms with Crippen LogP contribution < -0.4 is 15.0 Å². The number of hydrogen-bond acceptors (Lipinski definition) is 2. The first kappa shape index (κ1) is 19.0. The van der Waals surface area contributed by atoms with E-state index in [1.54, 1.807) is 7.11 Å². The molecule has 2 aromatic carbocycles. The molecule has 0 aliphatic heterocycles. The zero-order valence-corrected chi connectivity index (χ0v) is 15.8. The molecule has 2 aromatic rings. The summed E-state index contributed by atoms with van der Waals surface area (Å²) >= 11 is 0. The number of benzene rings is 2. The van der Waals surface area contributed by atoms with Crippen molar-refractivity contribution >= 4 is 11.6 Å². The van der Waals surface area contributed by atoms with Gasteiger partial charge in [-0.1, -0.05) is 51.1 Å². The first-order valence-electron chi connectivity index (χ1n) is 8.62. The lowest BCUT2D eigenvalue weighted by atomic mass is 9.87. The van der Waals surface area contributed by atoms with Gasteiger partial charge in [-0.2, -0.15) is 0 Å². The summed E-state index contributed by atoms with van der Waals surface area (Å²) in [5, 5.41) is 2.92. The fraction of sp³-hybridized carbons (Fsp3) is 0.381. The maximum atomic E-state index is 12.2. The van der Waals surface area contributed by atoms with E-state index in [1.807, 2.05) is 31.3 Å². The molecule has 0 fully saturated rings. The summed E-state index contributed by atoms with van der Waals surface area (Å²) in [6.07, 6.45) is 0. The maximum Gasteiger partial charge on any atom is 0.279 e. The zero-order chi connectivity index (χ0) is 18.4. The summed E-state index contributed by atoms with van der Waals surface area (Å²) in [7, 11) is 3.65. The maximum absolute atomic E-state index is 12.2. The van der Waals surface area contributed by atoms with Crippen molar-refractivity contribution in [3.63, 3.8) is 0 Å². The standard InChI is InChI=1S/C21H28N2O2/c1-21(2,3)17-11-9-16(10-12-17)14-23(4)15-20(24)22-18-7-6-8-19(13-18)25-5/h6-13H,14-15H2,1-5H3,(H,22,24)/p+1. The van der Waals surface area contributed by atoms with Crippen LogP contribution in [-0.2, 0) is 16.8 Å². The topological polar surface area (TPSA) is 42.8 Å². The van der Waals surface area contributed by atoms with Gasteiger partial charge in [0.25, 0.3) is 5.91 Å². The average molecular weight is 341 g/mol. The van der Waals surface area contributed by atoms with Gasteiger partial charge in [-0.3, -0.25) is 4.79 Å². The Hall–Kier alpha value is -2.33. The van der Waals surface area contributed by atoms with Crippen LogP contribution in [0.1, 0.15) is 31.9 Å². The molecule has 2 rings (SSSR count). The van der Waals surface area contributed by atoms with E-state index in [-0.39, 0.29) is 11.3 Å². The second-order valence-electron chi connectivity index (χ2n) is 7.54. The van der Waals surface area contributed by atoms with E-state index in [0.717, 1.165) is 22.9 Å². The van der Waals surface area contributed by atoms with Crippen LogP contribution in [0.15, 0.2) is 48.5 Å². The van der Waals surface area contributed by atoms with E-state index in [4.69, 9.17) is 4.74 Å². The van der Waals surface area contributed by atoms with Crippen LogP contribution in [0.3, 0.4) is 0 Å². The van der Waals surface area contributed by atoms with Crippen LogP contribution in [0.4, 0.5) is 5.69 Å². The molecule has 0 radical (unpaired) electrons. The SMILES string of the molecule is COc1cccc(NC(=O)C[NH+](C)Cc2ccc(C(C)(C)C)cc2)c1. The number of rotatable bonds is 6. The number of likely N-dealkylation sites (N-methyl/N-ethyl adjacent to an activating group) is 1. The molecule has 25 heavy (non-hydrogen) atoms. The fourth-order valence-corrected chi connectivity index (χ4v) is 2.71. The van der Waals surface area contributed by atoms with Crippen molar-refractivity contribution in [3.05, 3.63) is 59.7 Å². The number of carbonyl (C=O) groups excluding carboxylic acids is 1. The van der Waals surface area contributed by atoms with Crippen molar-refractivity contribution in [3.8, 4) is 5.75 Å². The number of ether oxygens (including phenoxy) is 1. The van der Waals surface area contributed by atoms with Crippen molar-refractivity contribution in [2.75, 3.05) is 26.0 Å². The van der Waals surface area contributed by atoms with Crippen LogP contribution in [0.5, 0.6) is 5.75 Å². The largest absolute Gasteiger partial charge is 0.497 e. The lowest BCUT2D eigenvalue weighted by Crippen LogP contribution is -3.08. The van der Waals surface area contributed by atoms with Gasteiger partial charge >= 0.3 is 0 Å². The van der Waals surface area contributed by atoms with Crippen molar-refractivity contribution in [1.29, 1.82) is 0 Å². The molecule has 134 valence electrons. The summed E-state index contributed by atoms with van der Waals surface area (Å²) in [6, 6.07) is 16.1. The summed E-state index contributed by atoms with van der Waals surface area (Å²) < 4.78 is 5.17. The molecule has 0 saturated heterocycles. The molecule has 0 aromatic heterocycles. The van der Waals surface area contributed by atoms with Gasteiger partial charge in [0.1, 0.15) is 12.3 Å². The fourth-order valence-electron chi connectivity index (χ4n) is 2.71. The molecule has 0 heterocycles. The van der Waals surface area contributed by atoms with Gasteiger partial charge in [-0.05, 0) is 23.1 Å². The average Bonchev–Trinajstić information content (AvgIpc) is 2.54. The molecule has 1 unspecified atom stereocenters. The molecular weight excluding hydrogens is 312 g/mol. The highest BCUT2D eigenvalue weighted by Crippen LogP contribution is 2.22. The van der Waals surface area contributed by atoms with Gasteiger partial charge in [0, 0.05) is 17.3 Å². The molecule has 0 aliphatic rings. The van der Waals surface area contributed by atoms with Gasteiger partial charge in [-0.15, -0.1) is 0 Å². The van der Waals surface area contributed by atoms with Crippen molar-refractivity contribution < 1.29 is 14.4 Å².